The van der Waals surface area contributed by atoms with Gasteiger partial charge in [-0.25, -0.2) is 9.47 Å². The maximum Gasteiger partial charge on any atom is 0.347 e. The van der Waals surface area contributed by atoms with E-state index in [1.54, 1.807) is 23.0 Å². The standard InChI is InChI=1S/C20H22N6O/c1-2-11-25-17-7-3-6-16(18-15(14-21)5-4-8-23-18)19(17)26(20(25)27)24-12-9-22-10-13-24/h3-8,22H,2,9-13H2,1H3. The van der Waals surface area contributed by atoms with Crippen molar-refractivity contribution in [1.29, 1.82) is 5.26 Å². The number of nitrogens with one attached hydrogen (secondary N) is 1. The minimum atomic E-state index is -0.0318. The van der Waals surface area contributed by atoms with Crippen molar-refractivity contribution < 1.29 is 0 Å². The van der Waals surface area contributed by atoms with Crippen LogP contribution in [0.2, 0.25) is 0 Å². The second kappa shape index (κ2) is 7.25. The lowest BCUT2D eigenvalue weighted by Gasteiger charge is -2.30. The second-order valence-electron chi connectivity index (χ2n) is 6.63. The minimum absolute atomic E-state index is 0.0318. The number of benzene rings is 1. The molecule has 1 aliphatic rings. The molecular formula is C20H22N6O. The number of piperazine rings is 1. The smallest absolute Gasteiger partial charge is 0.313 e. The Balaban J connectivity index is 2.05. The van der Waals surface area contributed by atoms with E-state index in [2.05, 4.69) is 28.3 Å². The van der Waals surface area contributed by atoms with Gasteiger partial charge in [-0.3, -0.25) is 9.55 Å². The summed E-state index contributed by atoms with van der Waals surface area (Å²) in [6.07, 6.45) is 2.56. The number of aromatic nitrogens is 3. The van der Waals surface area contributed by atoms with Crippen molar-refractivity contribution in [2.45, 2.75) is 19.9 Å². The summed E-state index contributed by atoms with van der Waals surface area (Å²) in [5, 5.41) is 14.9. The quantitative estimate of drug-likeness (QED) is 0.764. The van der Waals surface area contributed by atoms with Crippen LogP contribution in [0, 0.1) is 11.3 Å². The fraction of sp³-hybridized carbons (Fsp3) is 0.350. The molecule has 138 valence electrons. The Morgan fingerprint density at radius 2 is 2.04 bits per heavy atom. The van der Waals surface area contributed by atoms with Gasteiger partial charge >= 0.3 is 5.69 Å². The van der Waals surface area contributed by atoms with E-state index in [4.69, 9.17) is 0 Å². The Hall–Kier alpha value is -3.11. The van der Waals surface area contributed by atoms with Crippen LogP contribution in [0.25, 0.3) is 22.3 Å². The predicted molar refractivity (Wildman–Crippen MR) is 105 cm³/mol. The summed E-state index contributed by atoms with van der Waals surface area (Å²) in [7, 11) is 0. The lowest BCUT2D eigenvalue weighted by atomic mass is 10.0. The van der Waals surface area contributed by atoms with E-state index in [0.29, 0.717) is 17.8 Å². The predicted octanol–water partition coefficient (Wildman–Crippen LogP) is 1.69. The molecule has 0 radical (unpaired) electrons. The number of nitriles is 1. The fourth-order valence-electron chi connectivity index (χ4n) is 3.74. The normalized spacial score (nSPS) is 14.4. The number of nitrogens with zero attached hydrogens (tertiary/aromatic N) is 5. The van der Waals surface area contributed by atoms with Crippen LogP contribution in [-0.2, 0) is 6.54 Å². The Labute approximate surface area is 157 Å². The Bertz CT molecular complexity index is 1070. The van der Waals surface area contributed by atoms with Crippen LogP contribution in [-0.4, -0.2) is 40.4 Å². The summed E-state index contributed by atoms with van der Waals surface area (Å²) >= 11 is 0. The van der Waals surface area contributed by atoms with Crippen molar-refractivity contribution in [3.63, 3.8) is 0 Å². The average molecular weight is 362 g/mol. The highest BCUT2D eigenvalue weighted by molar-refractivity contribution is 5.93. The molecule has 7 heteroatoms. The zero-order valence-electron chi connectivity index (χ0n) is 15.4. The van der Waals surface area contributed by atoms with Gasteiger partial charge in [0.15, 0.2) is 0 Å². The maximum absolute atomic E-state index is 13.3. The summed E-state index contributed by atoms with van der Waals surface area (Å²) in [6.45, 7) is 5.91. The molecule has 1 aliphatic heterocycles. The molecule has 2 aromatic heterocycles. The monoisotopic (exact) mass is 362 g/mol. The molecule has 0 spiro atoms. The molecule has 1 saturated heterocycles. The zero-order chi connectivity index (χ0) is 18.8. The van der Waals surface area contributed by atoms with Crippen LogP contribution in [0.15, 0.2) is 41.3 Å². The fourth-order valence-corrected chi connectivity index (χ4v) is 3.74. The second-order valence-corrected chi connectivity index (χ2v) is 6.63. The first-order valence-electron chi connectivity index (χ1n) is 9.32. The molecular weight excluding hydrogens is 340 g/mol. The highest BCUT2D eigenvalue weighted by Gasteiger charge is 2.23. The van der Waals surface area contributed by atoms with Gasteiger partial charge in [0.1, 0.15) is 11.6 Å². The van der Waals surface area contributed by atoms with Crippen molar-refractivity contribution in [2.24, 2.45) is 0 Å². The van der Waals surface area contributed by atoms with E-state index in [0.717, 1.165) is 49.2 Å². The van der Waals surface area contributed by atoms with Crippen molar-refractivity contribution in [3.8, 4) is 17.3 Å². The number of rotatable bonds is 4. The number of para-hydroxylation sites is 1. The number of fused-ring (bicyclic) bond motifs is 1. The first kappa shape index (κ1) is 17.3. The van der Waals surface area contributed by atoms with E-state index in [9.17, 15) is 10.1 Å². The molecule has 1 N–H and O–H groups in total. The topological polar surface area (TPSA) is 78.9 Å². The van der Waals surface area contributed by atoms with Crippen LogP contribution >= 0.6 is 0 Å². The first-order chi connectivity index (χ1) is 13.3. The molecule has 7 nitrogen and oxygen atoms in total. The third-order valence-corrected chi connectivity index (χ3v) is 4.94. The van der Waals surface area contributed by atoms with Gasteiger partial charge in [0.05, 0.1) is 16.8 Å². The molecule has 27 heavy (non-hydrogen) atoms. The molecule has 0 saturated carbocycles. The van der Waals surface area contributed by atoms with Gasteiger partial charge in [0.2, 0.25) is 0 Å². The summed E-state index contributed by atoms with van der Waals surface area (Å²) in [5.74, 6) is 0. The van der Waals surface area contributed by atoms with Gasteiger partial charge in [-0.15, -0.1) is 0 Å². The summed E-state index contributed by atoms with van der Waals surface area (Å²) < 4.78 is 3.62. The molecule has 1 aromatic carbocycles. The first-order valence-corrected chi connectivity index (χ1v) is 9.32. The van der Waals surface area contributed by atoms with Gasteiger partial charge in [0, 0.05) is 44.5 Å². The van der Waals surface area contributed by atoms with Gasteiger partial charge in [0.25, 0.3) is 0 Å². The number of aryl methyl sites for hydroxylation is 1. The van der Waals surface area contributed by atoms with Crippen LogP contribution in [0.4, 0.5) is 0 Å². The Morgan fingerprint density at radius 3 is 2.78 bits per heavy atom. The summed E-state index contributed by atoms with van der Waals surface area (Å²) in [6, 6.07) is 11.6. The molecule has 0 amide bonds. The van der Waals surface area contributed by atoms with E-state index < -0.39 is 0 Å². The minimum Gasteiger partial charge on any atom is -0.313 e. The number of imidazole rings is 1. The number of hydrogen-bond donors (Lipinski definition) is 1. The summed E-state index contributed by atoms with van der Waals surface area (Å²) in [5.41, 5.74) is 3.61. The summed E-state index contributed by atoms with van der Waals surface area (Å²) in [4.78, 5) is 17.8. The van der Waals surface area contributed by atoms with Gasteiger partial charge in [-0.05, 0) is 24.6 Å². The van der Waals surface area contributed by atoms with Gasteiger partial charge < -0.3 is 10.3 Å². The number of hydrogen-bond acceptors (Lipinski definition) is 5. The van der Waals surface area contributed by atoms with Crippen LogP contribution in [0.3, 0.4) is 0 Å². The number of pyridine rings is 1. The van der Waals surface area contributed by atoms with E-state index in [1.165, 1.54) is 0 Å². The molecule has 0 aliphatic carbocycles. The highest BCUT2D eigenvalue weighted by Crippen LogP contribution is 2.29. The molecule has 3 heterocycles. The van der Waals surface area contributed by atoms with Crippen LogP contribution in [0.1, 0.15) is 18.9 Å². The van der Waals surface area contributed by atoms with Crippen LogP contribution < -0.4 is 16.0 Å². The van der Waals surface area contributed by atoms with Crippen molar-refractivity contribution in [2.75, 3.05) is 31.2 Å². The third-order valence-electron chi connectivity index (χ3n) is 4.94. The Kier molecular flexibility index (Phi) is 4.65. The highest BCUT2D eigenvalue weighted by atomic mass is 16.2. The van der Waals surface area contributed by atoms with Gasteiger partial charge in [-0.2, -0.15) is 5.26 Å². The van der Waals surface area contributed by atoms with Crippen molar-refractivity contribution in [1.82, 2.24) is 19.5 Å². The lowest BCUT2D eigenvalue weighted by Crippen LogP contribution is -2.52. The molecule has 0 unspecified atom stereocenters. The molecule has 1 fully saturated rings. The van der Waals surface area contributed by atoms with E-state index >= 15 is 0 Å². The Morgan fingerprint density at radius 1 is 1.22 bits per heavy atom. The van der Waals surface area contributed by atoms with Gasteiger partial charge in [-0.1, -0.05) is 19.1 Å². The zero-order valence-corrected chi connectivity index (χ0v) is 15.4. The van der Waals surface area contributed by atoms with Crippen molar-refractivity contribution in [3.05, 3.63) is 52.6 Å². The maximum atomic E-state index is 13.3. The molecule has 0 atom stereocenters. The third kappa shape index (κ3) is 2.88. The average Bonchev–Trinajstić information content (AvgIpc) is 3.00. The molecule has 3 aromatic rings. The molecule has 0 bridgehead atoms. The van der Waals surface area contributed by atoms with E-state index in [1.807, 2.05) is 22.8 Å². The largest absolute Gasteiger partial charge is 0.347 e. The SMILES string of the molecule is CCCn1c(=O)n(N2CCNCC2)c2c(-c3ncccc3C#N)cccc21. The molecule has 4 rings (SSSR count). The van der Waals surface area contributed by atoms with E-state index in [-0.39, 0.29) is 5.69 Å². The van der Waals surface area contributed by atoms with Crippen molar-refractivity contribution >= 4 is 11.0 Å². The lowest BCUT2D eigenvalue weighted by molar-refractivity contribution is 0.482. The van der Waals surface area contributed by atoms with Crippen LogP contribution in [0.5, 0.6) is 0 Å².